The van der Waals surface area contributed by atoms with Crippen molar-refractivity contribution in [1.29, 1.82) is 0 Å². The number of benzene rings is 5. The fourth-order valence-electron chi connectivity index (χ4n) is 6.37. The molecular formula is C37H27N3. The summed E-state index contributed by atoms with van der Waals surface area (Å²) in [7, 11) is 0. The molecule has 3 aliphatic rings. The minimum absolute atomic E-state index is 0.302. The zero-order valence-electron chi connectivity index (χ0n) is 21.9. The van der Waals surface area contributed by atoms with E-state index < -0.39 is 0 Å². The van der Waals surface area contributed by atoms with E-state index in [1.807, 2.05) is 36.4 Å². The molecule has 3 nitrogen and oxygen atoms in total. The van der Waals surface area contributed by atoms with E-state index in [1.165, 1.54) is 33.0 Å². The maximum absolute atomic E-state index is 5.07. The number of fused-ring (bicyclic) bond motifs is 3. The van der Waals surface area contributed by atoms with E-state index in [9.17, 15) is 0 Å². The number of amidine groups is 2. The molecule has 0 radical (unpaired) electrons. The number of hydrogen-bond donors (Lipinski definition) is 1. The smallest absolute Gasteiger partial charge is 0.169 e. The minimum atomic E-state index is -0.302. The Kier molecular flexibility index (Phi) is 5.34. The lowest BCUT2D eigenvalue weighted by Crippen LogP contribution is -2.36. The Balaban J connectivity index is 1.17. The van der Waals surface area contributed by atoms with Gasteiger partial charge in [0.25, 0.3) is 0 Å². The van der Waals surface area contributed by atoms with Gasteiger partial charge in [0.2, 0.25) is 0 Å². The Morgan fingerprint density at radius 2 is 1.18 bits per heavy atom. The van der Waals surface area contributed by atoms with Crippen molar-refractivity contribution in [3.05, 3.63) is 173 Å². The fourth-order valence-corrected chi connectivity index (χ4v) is 6.37. The van der Waals surface area contributed by atoms with Gasteiger partial charge in [-0.05, 0) is 44.7 Å². The van der Waals surface area contributed by atoms with Crippen LogP contribution in [0, 0.1) is 0 Å². The summed E-state index contributed by atoms with van der Waals surface area (Å²) in [5.41, 5.74) is 8.49. The summed E-state index contributed by atoms with van der Waals surface area (Å²) in [6.45, 7) is 0. The van der Waals surface area contributed by atoms with Gasteiger partial charge >= 0.3 is 0 Å². The Morgan fingerprint density at radius 3 is 1.95 bits per heavy atom. The van der Waals surface area contributed by atoms with Gasteiger partial charge in [0, 0.05) is 23.0 Å². The summed E-state index contributed by atoms with van der Waals surface area (Å²) in [4.78, 5) is 10.1. The van der Waals surface area contributed by atoms with Gasteiger partial charge in [-0.25, -0.2) is 9.98 Å². The monoisotopic (exact) mass is 513 g/mol. The van der Waals surface area contributed by atoms with Gasteiger partial charge in [-0.15, -0.1) is 0 Å². The molecular weight excluding hydrogens is 486 g/mol. The lowest BCUT2D eigenvalue weighted by Gasteiger charge is -2.23. The maximum atomic E-state index is 5.07. The summed E-state index contributed by atoms with van der Waals surface area (Å²) in [5, 5.41) is 6.30. The molecule has 3 unspecified atom stereocenters. The van der Waals surface area contributed by atoms with Gasteiger partial charge in [0.1, 0.15) is 11.7 Å². The van der Waals surface area contributed by atoms with Crippen LogP contribution in [-0.2, 0) is 0 Å². The first kappa shape index (κ1) is 22.9. The van der Waals surface area contributed by atoms with E-state index in [4.69, 9.17) is 9.98 Å². The van der Waals surface area contributed by atoms with Gasteiger partial charge in [-0.1, -0.05) is 133 Å². The van der Waals surface area contributed by atoms with Crippen LogP contribution in [0.2, 0.25) is 0 Å². The zero-order chi connectivity index (χ0) is 26.5. The highest BCUT2D eigenvalue weighted by molar-refractivity contribution is 6.16. The third kappa shape index (κ3) is 3.82. The van der Waals surface area contributed by atoms with Gasteiger partial charge in [-0.3, -0.25) is 0 Å². The zero-order valence-corrected chi connectivity index (χ0v) is 21.9. The molecule has 5 aromatic rings. The standard InChI is InChI=1S/C37H27N3/c1-3-10-25(11-4-1)35-38-36(26-12-5-2-6-13-26)40-37(39-35)29-17-7-16-27(22-29)28-20-21-30-31-18-8-14-24-15-9-19-32(34(24)31)33(30)23-28/h1-23,30,33,35H,(H,38,39,40). The topological polar surface area (TPSA) is 36.8 Å². The fraction of sp³-hybridized carbons (Fsp3) is 0.0811. The third-order valence-corrected chi connectivity index (χ3v) is 8.27. The number of hydrogen-bond acceptors (Lipinski definition) is 3. The van der Waals surface area contributed by atoms with Crippen LogP contribution in [0.5, 0.6) is 0 Å². The van der Waals surface area contributed by atoms with Crippen molar-refractivity contribution in [2.24, 2.45) is 9.98 Å². The second-order valence-corrected chi connectivity index (χ2v) is 10.6. The SMILES string of the molecule is C1=CC2c3cccc4cccc(c34)C2C=C1c1cccc(C2=NC(c3ccccc3)N=C(c3ccccc3)N2)c1. The molecule has 1 N–H and O–H groups in total. The molecule has 0 fully saturated rings. The minimum Gasteiger partial charge on any atom is -0.324 e. The molecule has 5 aromatic carbocycles. The quantitative estimate of drug-likeness (QED) is 0.259. The van der Waals surface area contributed by atoms with Crippen molar-refractivity contribution in [2.75, 3.05) is 0 Å². The Bertz CT molecular complexity index is 1870. The lowest BCUT2D eigenvalue weighted by molar-refractivity contribution is 0.756. The molecule has 0 saturated heterocycles. The maximum Gasteiger partial charge on any atom is 0.169 e. The number of aliphatic imine (C=N–C) groups is 2. The molecule has 1 aliphatic heterocycles. The van der Waals surface area contributed by atoms with Crippen LogP contribution in [0.4, 0.5) is 0 Å². The van der Waals surface area contributed by atoms with Crippen LogP contribution in [0.3, 0.4) is 0 Å². The van der Waals surface area contributed by atoms with Crippen molar-refractivity contribution in [3.8, 4) is 0 Å². The van der Waals surface area contributed by atoms with Crippen LogP contribution in [0.15, 0.2) is 150 Å². The van der Waals surface area contributed by atoms with Gasteiger partial charge in [-0.2, -0.15) is 0 Å². The number of nitrogens with one attached hydrogen (secondary N) is 1. The van der Waals surface area contributed by atoms with Crippen LogP contribution >= 0.6 is 0 Å². The number of rotatable bonds is 4. The number of nitrogens with zero attached hydrogens (tertiary/aromatic N) is 2. The summed E-state index contributed by atoms with van der Waals surface area (Å²) in [5.74, 6) is 2.42. The van der Waals surface area contributed by atoms with E-state index in [0.717, 1.165) is 28.4 Å². The molecule has 0 spiro atoms. The molecule has 3 heteroatoms. The molecule has 0 saturated carbocycles. The second kappa shape index (κ2) is 9.32. The predicted octanol–water partition coefficient (Wildman–Crippen LogP) is 8.17. The highest BCUT2D eigenvalue weighted by Crippen LogP contribution is 2.51. The summed E-state index contributed by atoms with van der Waals surface area (Å²) in [6, 6.07) is 42.7. The summed E-state index contributed by atoms with van der Waals surface area (Å²) >= 11 is 0. The first-order valence-corrected chi connectivity index (χ1v) is 13.9. The van der Waals surface area contributed by atoms with Gasteiger partial charge < -0.3 is 5.32 Å². The average molecular weight is 514 g/mol. The molecule has 8 rings (SSSR count). The predicted molar refractivity (Wildman–Crippen MR) is 165 cm³/mol. The van der Waals surface area contributed by atoms with Crippen LogP contribution < -0.4 is 5.32 Å². The number of allylic oxidation sites excluding steroid dienone is 4. The average Bonchev–Trinajstić information content (AvgIpc) is 3.36. The second-order valence-electron chi connectivity index (χ2n) is 10.6. The molecule has 0 bridgehead atoms. The van der Waals surface area contributed by atoms with Crippen LogP contribution in [0.1, 0.15) is 51.4 Å². The first-order chi connectivity index (χ1) is 19.8. The van der Waals surface area contributed by atoms with Crippen molar-refractivity contribution in [3.63, 3.8) is 0 Å². The normalized spacial score (nSPS) is 20.8. The van der Waals surface area contributed by atoms with Crippen molar-refractivity contribution < 1.29 is 0 Å². The highest BCUT2D eigenvalue weighted by atomic mass is 15.2. The Morgan fingerprint density at radius 1 is 0.550 bits per heavy atom. The summed E-state index contributed by atoms with van der Waals surface area (Å²) in [6.07, 6.45) is 6.84. The van der Waals surface area contributed by atoms with E-state index in [2.05, 4.69) is 108 Å². The largest absolute Gasteiger partial charge is 0.324 e. The highest BCUT2D eigenvalue weighted by Gasteiger charge is 2.33. The molecule has 2 aliphatic carbocycles. The van der Waals surface area contributed by atoms with E-state index in [-0.39, 0.29) is 6.17 Å². The lowest BCUT2D eigenvalue weighted by atomic mass is 9.82. The van der Waals surface area contributed by atoms with Gasteiger partial charge in [0.05, 0.1) is 0 Å². The molecule has 190 valence electrons. The molecule has 3 atom stereocenters. The summed E-state index contributed by atoms with van der Waals surface area (Å²) < 4.78 is 0. The molecule has 0 amide bonds. The Hall–Kier alpha value is -5.02. The van der Waals surface area contributed by atoms with Crippen molar-refractivity contribution in [1.82, 2.24) is 5.32 Å². The molecule has 0 aromatic heterocycles. The third-order valence-electron chi connectivity index (χ3n) is 8.27. The molecule has 1 heterocycles. The van der Waals surface area contributed by atoms with Crippen molar-refractivity contribution >= 4 is 28.0 Å². The van der Waals surface area contributed by atoms with Crippen molar-refractivity contribution in [2.45, 2.75) is 18.0 Å². The molecule has 40 heavy (non-hydrogen) atoms. The van der Waals surface area contributed by atoms with E-state index in [1.54, 1.807) is 0 Å². The Labute approximate surface area is 234 Å². The van der Waals surface area contributed by atoms with Crippen LogP contribution in [0.25, 0.3) is 16.3 Å². The van der Waals surface area contributed by atoms with Crippen LogP contribution in [-0.4, -0.2) is 11.7 Å². The van der Waals surface area contributed by atoms with Gasteiger partial charge in [0.15, 0.2) is 6.17 Å². The van der Waals surface area contributed by atoms with E-state index >= 15 is 0 Å². The van der Waals surface area contributed by atoms with E-state index in [0.29, 0.717) is 11.8 Å². The first-order valence-electron chi connectivity index (χ1n) is 13.9.